The Kier molecular flexibility index (Phi) is 3.52. The second kappa shape index (κ2) is 4.94. The summed E-state index contributed by atoms with van der Waals surface area (Å²) < 4.78 is 7.49. The van der Waals surface area contributed by atoms with Gasteiger partial charge in [0, 0.05) is 12.1 Å². The maximum absolute atomic E-state index is 6.32. The van der Waals surface area contributed by atoms with Crippen LogP contribution in [0.3, 0.4) is 0 Å². The van der Waals surface area contributed by atoms with Gasteiger partial charge in [0.1, 0.15) is 23.7 Å². The van der Waals surface area contributed by atoms with Gasteiger partial charge in [0.25, 0.3) is 0 Å². The van der Waals surface area contributed by atoms with Gasteiger partial charge in [0.05, 0.1) is 6.04 Å². The van der Waals surface area contributed by atoms with E-state index in [0.29, 0.717) is 0 Å². The minimum absolute atomic E-state index is 0.281. The molecule has 0 spiro atoms. The van der Waals surface area contributed by atoms with Crippen molar-refractivity contribution < 1.29 is 4.42 Å². The van der Waals surface area contributed by atoms with E-state index in [1.165, 1.54) is 0 Å². The minimum Gasteiger partial charge on any atom is -0.466 e. The Balaban J connectivity index is 2.41. The molecule has 0 bridgehead atoms. The molecule has 1 atom stereocenters. The molecule has 5 nitrogen and oxygen atoms in total. The predicted octanol–water partition coefficient (Wildman–Crippen LogP) is 2.25. The zero-order valence-electron chi connectivity index (χ0n) is 11.4. The van der Waals surface area contributed by atoms with Crippen LogP contribution in [0.25, 0.3) is 0 Å². The number of aromatic nitrogens is 3. The molecule has 0 aliphatic carbocycles. The van der Waals surface area contributed by atoms with Gasteiger partial charge in [0.15, 0.2) is 0 Å². The van der Waals surface area contributed by atoms with Crippen molar-refractivity contribution in [1.82, 2.24) is 14.8 Å². The van der Waals surface area contributed by atoms with Crippen molar-refractivity contribution in [2.24, 2.45) is 5.73 Å². The summed E-state index contributed by atoms with van der Waals surface area (Å²) in [6.45, 7) is 8.86. The summed E-state index contributed by atoms with van der Waals surface area (Å²) in [5.74, 6) is 2.58. The minimum atomic E-state index is -0.281. The fourth-order valence-corrected chi connectivity index (χ4v) is 2.29. The van der Waals surface area contributed by atoms with Gasteiger partial charge in [-0.05, 0) is 32.8 Å². The first-order valence-corrected chi connectivity index (χ1v) is 6.26. The lowest BCUT2D eigenvalue weighted by Gasteiger charge is -2.13. The van der Waals surface area contributed by atoms with Crippen molar-refractivity contribution >= 4 is 0 Å². The lowest BCUT2D eigenvalue weighted by molar-refractivity contribution is 0.495. The van der Waals surface area contributed by atoms with E-state index < -0.39 is 0 Å². The van der Waals surface area contributed by atoms with Crippen LogP contribution in [0.5, 0.6) is 0 Å². The number of aryl methyl sites for hydroxylation is 3. The molecule has 0 amide bonds. The Morgan fingerprint density at radius 1 is 1.33 bits per heavy atom. The van der Waals surface area contributed by atoms with Gasteiger partial charge in [-0.2, -0.15) is 5.10 Å². The Morgan fingerprint density at radius 3 is 2.61 bits per heavy atom. The smallest absolute Gasteiger partial charge is 0.148 e. The second-order valence-corrected chi connectivity index (χ2v) is 4.57. The largest absolute Gasteiger partial charge is 0.466 e. The van der Waals surface area contributed by atoms with E-state index in [1.54, 1.807) is 6.33 Å². The molecular weight excluding hydrogens is 228 g/mol. The molecule has 0 aliphatic heterocycles. The van der Waals surface area contributed by atoms with Crippen LogP contribution in [-0.2, 0) is 6.54 Å². The van der Waals surface area contributed by atoms with E-state index in [1.807, 2.05) is 25.5 Å². The van der Waals surface area contributed by atoms with Crippen LogP contribution in [0.2, 0.25) is 0 Å². The summed E-state index contributed by atoms with van der Waals surface area (Å²) in [4.78, 5) is 4.29. The third-order valence-electron chi connectivity index (χ3n) is 3.29. The second-order valence-electron chi connectivity index (χ2n) is 4.57. The van der Waals surface area contributed by atoms with Crippen molar-refractivity contribution in [3.63, 3.8) is 0 Å². The van der Waals surface area contributed by atoms with Gasteiger partial charge >= 0.3 is 0 Å². The summed E-state index contributed by atoms with van der Waals surface area (Å²) in [6.07, 6.45) is 2.56. The molecule has 2 rings (SSSR count). The lowest BCUT2D eigenvalue weighted by Crippen LogP contribution is -2.19. The van der Waals surface area contributed by atoms with Crippen molar-refractivity contribution in [3.8, 4) is 0 Å². The maximum Gasteiger partial charge on any atom is 0.148 e. The summed E-state index contributed by atoms with van der Waals surface area (Å²) in [6, 6.07) is -0.281. The molecule has 0 fully saturated rings. The summed E-state index contributed by atoms with van der Waals surface area (Å²) in [5, 5.41) is 4.21. The Morgan fingerprint density at radius 2 is 2.06 bits per heavy atom. The number of furan rings is 1. The topological polar surface area (TPSA) is 69.9 Å². The average molecular weight is 248 g/mol. The van der Waals surface area contributed by atoms with Crippen molar-refractivity contribution in [3.05, 3.63) is 34.8 Å². The van der Waals surface area contributed by atoms with Crippen molar-refractivity contribution in [2.75, 3.05) is 0 Å². The summed E-state index contributed by atoms with van der Waals surface area (Å²) in [5.41, 5.74) is 8.45. The van der Waals surface area contributed by atoms with Crippen LogP contribution in [0, 0.1) is 20.8 Å². The highest BCUT2D eigenvalue weighted by Gasteiger charge is 2.23. The first-order valence-electron chi connectivity index (χ1n) is 6.26. The molecular formula is C13H20N4O. The number of hydrogen-bond acceptors (Lipinski definition) is 4. The molecule has 2 aromatic rings. The molecule has 1 unspecified atom stereocenters. The summed E-state index contributed by atoms with van der Waals surface area (Å²) >= 11 is 0. The predicted molar refractivity (Wildman–Crippen MR) is 69.3 cm³/mol. The standard InChI is InChI=1S/C13H20N4O/c1-5-6-17-13(15-7-16-17)12(14)11-8(2)9(3)18-10(11)4/h7,12H,5-6,14H2,1-4H3. The highest BCUT2D eigenvalue weighted by atomic mass is 16.3. The Bertz CT molecular complexity index is 541. The van der Waals surface area contributed by atoms with E-state index in [9.17, 15) is 0 Å². The van der Waals surface area contributed by atoms with E-state index >= 15 is 0 Å². The normalized spacial score (nSPS) is 12.9. The molecule has 2 heterocycles. The molecule has 0 aliphatic rings. The van der Waals surface area contributed by atoms with Crippen LogP contribution in [0.15, 0.2) is 10.7 Å². The van der Waals surface area contributed by atoms with Crippen LogP contribution >= 0.6 is 0 Å². The van der Waals surface area contributed by atoms with Gasteiger partial charge in [-0.15, -0.1) is 0 Å². The molecule has 0 saturated heterocycles. The fourth-order valence-electron chi connectivity index (χ4n) is 2.29. The zero-order chi connectivity index (χ0) is 13.3. The molecule has 0 aromatic carbocycles. The van der Waals surface area contributed by atoms with Crippen molar-refractivity contribution in [2.45, 2.75) is 46.7 Å². The van der Waals surface area contributed by atoms with E-state index in [4.69, 9.17) is 10.2 Å². The lowest BCUT2D eigenvalue weighted by atomic mass is 10.0. The van der Waals surface area contributed by atoms with Gasteiger partial charge in [-0.1, -0.05) is 6.92 Å². The molecule has 2 aromatic heterocycles. The Hall–Kier alpha value is -1.62. The van der Waals surface area contributed by atoms with E-state index in [0.717, 1.165) is 41.4 Å². The Labute approximate surface area is 107 Å². The number of nitrogens with two attached hydrogens (primary N) is 1. The molecule has 0 saturated carbocycles. The first kappa shape index (κ1) is 12.8. The molecule has 98 valence electrons. The third kappa shape index (κ3) is 2.06. The van der Waals surface area contributed by atoms with E-state index in [-0.39, 0.29) is 6.04 Å². The molecule has 0 radical (unpaired) electrons. The van der Waals surface area contributed by atoms with Crippen molar-refractivity contribution in [1.29, 1.82) is 0 Å². The van der Waals surface area contributed by atoms with Gasteiger partial charge in [0.2, 0.25) is 0 Å². The van der Waals surface area contributed by atoms with Crippen LogP contribution < -0.4 is 5.73 Å². The third-order valence-corrected chi connectivity index (χ3v) is 3.29. The first-order chi connectivity index (χ1) is 8.56. The summed E-state index contributed by atoms with van der Waals surface area (Å²) in [7, 11) is 0. The molecule has 5 heteroatoms. The highest BCUT2D eigenvalue weighted by Crippen LogP contribution is 2.28. The fraction of sp³-hybridized carbons (Fsp3) is 0.538. The quantitative estimate of drug-likeness (QED) is 0.901. The number of rotatable bonds is 4. The van der Waals surface area contributed by atoms with Crippen LogP contribution in [0.1, 0.15) is 47.9 Å². The average Bonchev–Trinajstić information content (AvgIpc) is 2.86. The number of hydrogen-bond donors (Lipinski definition) is 1. The SMILES string of the molecule is CCCn1ncnc1C(N)c1c(C)oc(C)c1C. The highest BCUT2D eigenvalue weighted by molar-refractivity contribution is 5.37. The van der Waals surface area contributed by atoms with E-state index in [2.05, 4.69) is 17.0 Å². The van der Waals surface area contributed by atoms with Crippen LogP contribution in [0.4, 0.5) is 0 Å². The van der Waals surface area contributed by atoms with Crippen LogP contribution in [-0.4, -0.2) is 14.8 Å². The monoisotopic (exact) mass is 248 g/mol. The zero-order valence-corrected chi connectivity index (χ0v) is 11.4. The number of nitrogens with zero attached hydrogens (tertiary/aromatic N) is 3. The molecule has 2 N–H and O–H groups in total. The van der Waals surface area contributed by atoms with Gasteiger partial charge in [-0.25, -0.2) is 9.67 Å². The van der Waals surface area contributed by atoms with Gasteiger partial charge < -0.3 is 10.2 Å². The van der Waals surface area contributed by atoms with Gasteiger partial charge in [-0.3, -0.25) is 0 Å². The molecule has 18 heavy (non-hydrogen) atoms. The maximum atomic E-state index is 6.32.